The highest BCUT2D eigenvalue weighted by Crippen LogP contribution is 2.31. The summed E-state index contributed by atoms with van der Waals surface area (Å²) in [7, 11) is -1.36. The average Bonchev–Trinajstić information content (AvgIpc) is 2.65. The minimum atomic E-state index is -4.87. The van der Waals surface area contributed by atoms with E-state index >= 15 is 0 Å². The maximum atomic E-state index is 13.5. The van der Waals surface area contributed by atoms with E-state index in [4.69, 9.17) is 4.74 Å². The number of alkyl halides is 3. The first kappa shape index (κ1) is 23.8. The molecule has 1 aromatic heterocycles. The molecule has 0 aliphatic carbocycles. The second-order valence-corrected chi connectivity index (χ2v) is 13.7. The minimum absolute atomic E-state index is 0.0236. The molecular weight excluding hydrogens is 415 g/mol. The van der Waals surface area contributed by atoms with Gasteiger partial charge in [-0.3, -0.25) is 9.59 Å². The van der Waals surface area contributed by atoms with Gasteiger partial charge < -0.3 is 10.1 Å². The standard InChI is InChI=1S/C20H26F3N3O3Si/c1-30(2,3)12-11-29-14-26-19(28)18(20(21,22)23)16(13-25-26)24-10-9-17(27)15-7-5-4-6-8-15/h4-8,13,24H,9-12,14H2,1-3H3. The molecule has 6 nitrogen and oxygen atoms in total. The van der Waals surface area contributed by atoms with Crippen LogP contribution in [0.15, 0.2) is 41.3 Å². The number of hydrogen-bond donors (Lipinski definition) is 1. The number of ether oxygens (including phenoxy) is 1. The summed E-state index contributed by atoms with van der Waals surface area (Å²) in [5.74, 6) is -0.214. The Balaban J connectivity index is 2.07. The first-order valence-corrected chi connectivity index (χ1v) is 13.3. The molecule has 0 bridgehead atoms. The predicted molar refractivity (Wildman–Crippen MR) is 111 cm³/mol. The SMILES string of the molecule is C[Si](C)(C)CCOCn1ncc(NCCC(=O)c2ccccc2)c(C(F)(F)F)c1=O. The molecule has 1 aromatic carbocycles. The number of benzene rings is 1. The zero-order valence-corrected chi connectivity index (χ0v) is 18.3. The fraction of sp³-hybridized carbons (Fsp3) is 0.450. The van der Waals surface area contributed by atoms with Crippen LogP contribution in [0, 0.1) is 0 Å². The first-order valence-electron chi connectivity index (χ1n) is 9.56. The third-order valence-electron chi connectivity index (χ3n) is 4.30. The first-order chi connectivity index (χ1) is 14.0. The average molecular weight is 442 g/mol. The summed E-state index contributed by atoms with van der Waals surface area (Å²) in [4.78, 5) is 24.4. The summed E-state index contributed by atoms with van der Waals surface area (Å²) in [6.45, 7) is 6.38. The maximum Gasteiger partial charge on any atom is 0.423 e. The zero-order chi connectivity index (χ0) is 22.4. The molecule has 2 aromatic rings. The van der Waals surface area contributed by atoms with Crippen molar-refractivity contribution in [2.24, 2.45) is 0 Å². The van der Waals surface area contributed by atoms with E-state index in [0.717, 1.165) is 12.2 Å². The lowest BCUT2D eigenvalue weighted by Gasteiger charge is -2.17. The van der Waals surface area contributed by atoms with Crippen molar-refractivity contribution >= 4 is 19.5 Å². The van der Waals surface area contributed by atoms with E-state index in [-0.39, 0.29) is 25.5 Å². The second-order valence-electron chi connectivity index (χ2n) is 8.05. The zero-order valence-electron chi connectivity index (χ0n) is 17.3. The van der Waals surface area contributed by atoms with Gasteiger partial charge in [-0.2, -0.15) is 18.3 Å². The van der Waals surface area contributed by atoms with Crippen molar-refractivity contribution < 1.29 is 22.7 Å². The summed E-state index contributed by atoms with van der Waals surface area (Å²) in [5, 5.41) is 6.31. The number of nitrogens with one attached hydrogen (secondary N) is 1. The molecule has 0 radical (unpaired) electrons. The van der Waals surface area contributed by atoms with E-state index in [9.17, 15) is 22.8 Å². The van der Waals surface area contributed by atoms with Crippen molar-refractivity contribution in [1.29, 1.82) is 0 Å². The van der Waals surface area contributed by atoms with Crippen molar-refractivity contribution in [3.05, 3.63) is 58.0 Å². The molecule has 0 fully saturated rings. The van der Waals surface area contributed by atoms with Gasteiger partial charge in [0.1, 0.15) is 12.3 Å². The molecule has 0 amide bonds. The van der Waals surface area contributed by atoms with Crippen LogP contribution in [0.25, 0.3) is 0 Å². The number of carbonyl (C=O) groups is 1. The molecule has 10 heteroatoms. The summed E-state index contributed by atoms with van der Waals surface area (Å²) in [5.41, 5.74) is -2.61. The Hall–Kier alpha value is -2.46. The number of ketones is 1. The summed E-state index contributed by atoms with van der Waals surface area (Å²) < 4.78 is 46.5. The minimum Gasteiger partial charge on any atom is -0.383 e. The summed E-state index contributed by atoms with van der Waals surface area (Å²) in [6, 6.07) is 9.27. The molecule has 1 heterocycles. The highest BCUT2D eigenvalue weighted by molar-refractivity contribution is 6.76. The number of hydrogen-bond acceptors (Lipinski definition) is 5. The van der Waals surface area contributed by atoms with Crippen LogP contribution in [0.4, 0.5) is 18.9 Å². The highest BCUT2D eigenvalue weighted by Gasteiger charge is 2.38. The maximum absolute atomic E-state index is 13.5. The van der Waals surface area contributed by atoms with E-state index < -0.39 is 31.1 Å². The van der Waals surface area contributed by atoms with Crippen LogP contribution < -0.4 is 10.9 Å². The highest BCUT2D eigenvalue weighted by atomic mass is 28.3. The van der Waals surface area contributed by atoms with E-state index in [1.54, 1.807) is 30.3 Å². The molecule has 30 heavy (non-hydrogen) atoms. The molecule has 0 aliphatic heterocycles. The molecule has 164 valence electrons. The fourth-order valence-corrected chi connectivity index (χ4v) is 3.35. The number of rotatable bonds is 10. The lowest BCUT2D eigenvalue weighted by Crippen LogP contribution is -2.33. The second kappa shape index (κ2) is 10.0. The molecule has 1 N–H and O–H groups in total. The van der Waals surface area contributed by atoms with Crippen molar-refractivity contribution in [2.45, 2.75) is 45.0 Å². The number of nitrogens with zero attached hydrogens (tertiary/aromatic N) is 2. The molecule has 0 atom stereocenters. The Morgan fingerprint density at radius 1 is 1.20 bits per heavy atom. The Bertz CT molecular complexity index is 909. The van der Waals surface area contributed by atoms with Crippen LogP contribution in [0.1, 0.15) is 22.3 Å². The van der Waals surface area contributed by atoms with Crippen LogP contribution in [0.5, 0.6) is 0 Å². The smallest absolute Gasteiger partial charge is 0.383 e. The summed E-state index contributed by atoms with van der Waals surface area (Å²) in [6.07, 6.45) is -3.95. The van der Waals surface area contributed by atoms with Gasteiger partial charge in [-0.1, -0.05) is 50.0 Å². The monoisotopic (exact) mass is 441 g/mol. The number of anilines is 1. The van der Waals surface area contributed by atoms with Crippen LogP contribution in [0.3, 0.4) is 0 Å². The Kier molecular flexibility index (Phi) is 7.96. The summed E-state index contributed by atoms with van der Waals surface area (Å²) >= 11 is 0. The van der Waals surface area contributed by atoms with E-state index in [2.05, 4.69) is 30.1 Å². The van der Waals surface area contributed by atoms with Gasteiger partial charge in [0.15, 0.2) is 5.78 Å². The van der Waals surface area contributed by atoms with Crippen molar-refractivity contribution in [2.75, 3.05) is 18.5 Å². The van der Waals surface area contributed by atoms with Gasteiger partial charge in [0.05, 0.1) is 11.9 Å². The van der Waals surface area contributed by atoms with Crippen molar-refractivity contribution in [3.8, 4) is 0 Å². The van der Waals surface area contributed by atoms with Crippen LogP contribution in [0.2, 0.25) is 25.7 Å². The van der Waals surface area contributed by atoms with Gasteiger partial charge >= 0.3 is 6.18 Å². The topological polar surface area (TPSA) is 73.2 Å². The predicted octanol–water partition coefficient (Wildman–Crippen LogP) is 4.26. The molecule has 0 unspecified atom stereocenters. The third-order valence-corrected chi connectivity index (χ3v) is 6.00. The van der Waals surface area contributed by atoms with E-state index in [1.807, 2.05) is 0 Å². The van der Waals surface area contributed by atoms with Crippen LogP contribution >= 0.6 is 0 Å². The molecule has 0 saturated carbocycles. The van der Waals surface area contributed by atoms with Gasteiger partial charge in [-0.05, 0) is 6.04 Å². The quantitative estimate of drug-likeness (QED) is 0.339. The Morgan fingerprint density at radius 3 is 2.47 bits per heavy atom. The van der Waals surface area contributed by atoms with Gasteiger partial charge in [-0.15, -0.1) is 0 Å². The van der Waals surface area contributed by atoms with Gasteiger partial charge in [0, 0.05) is 33.2 Å². The number of aromatic nitrogens is 2. The lowest BCUT2D eigenvalue weighted by molar-refractivity contribution is -0.138. The van der Waals surface area contributed by atoms with Crippen LogP contribution in [-0.2, 0) is 17.6 Å². The molecule has 0 spiro atoms. The third kappa shape index (κ3) is 7.10. The van der Waals surface area contributed by atoms with Gasteiger partial charge in [0.2, 0.25) is 0 Å². The molecule has 2 rings (SSSR count). The fourth-order valence-electron chi connectivity index (χ4n) is 2.60. The molecular formula is C20H26F3N3O3Si. The van der Waals surface area contributed by atoms with Crippen molar-refractivity contribution in [3.63, 3.8) is 0 Å². The largest absolute Gasteiger partial charge is 0.423 e. The number of halogens is 3. The van der Waals surface area contributed by atoms with Gasteiger partial charge in [-0.25, -0.2) is 4.68 Å². The normalized spacial score (nSPS) is 12.1. The van der Waals surface area contributed by atoms with Gasteiger partial charge in [0.25, 0.3) is 5.56 Å². The van der Waals surface area contributed by atoms with E-state index in [1.165, 1.54) is 0 Å². The molecule has 0 saturated heterocycles. The van der Waals surface area contributed by atoms with Crippen molar-refractivity contribution in [1.82, 2.24) is 9.78 Å². The Labute approximate surface area is 174 Å². The lowest BCUT2D eigenvalue weighted by atomic mass is 10.1. The number of carbonyl (C=O) groups excluding carboxylic acids is 1. The van der Waals surface area contributed by atoms with E-state index in [0.29, 0.717) is 16.9 Å². The van der Waals surface area contributed by atoms with Crippen LogP contribution in [-0.4, -0.2) is 36.8 Å². The number of Topliss-reactive ketones (excluding diaryl/α,β-unsaturated/α-hetero) is 1. The Morgan fingerprint density at radius 2 is 1.87 bits per heavy atom. The molecule has 0 aliphatic rings.